The summed E-state index contributed by atoms with van der Waals surface area (Å²) in [7, 11) is -2.44. The first-order chi connectivity index (χ1) is 10.2. The molecule has 21 heavy (non-hydrogen) atoms. The fraction of sp³-hybridized carbons (Fsp3) is 0.667. The molecule has 0 fully saturated rings. The van der Waals surface area contributed by atoms with Crippen LogP contribution in [0.25, 0.3) is 0 Å². The lowest BCUT2D eigenvalue weighted by atomic mass is 10.0. The molecule has 0 bridgehead atoms. The summed E-state index contributed by atoms with van der Waals surface area (Å²) >= 11 is 0. The third-order valence-corrected chi connectivity index (χ3v) is 4.69. The van der Waals surface area contributed by atoms with E-state index in [-0.39, 0.29) is 0 Å². The predicted molar refractivity (Wildman–Crippen MR) is 90.6 cm³/mol. The van der Waals surface area contributed by atoms with Gasteiger partial charge in [0.15, 0.2) is 10.7 Å². The van der Waals surface area contributed by atoms with Crippen molar-refractivity contribution in [2.75, 3.05) is 0 Å². The van der Waals surface area contributed by atoms with Crippen molar-refractivity contribution in [3.8, 4) is 0 Å². The minimum absolute atomic E-state index is 0.414. The van der Waals surface area contributed by atoms with Gasteiger partial charge in [0.05, 0.1) is 4.90 Å². The summed E-state index contributed by atoms with van der Waals surface area (Å²) in [6, 6.07) is 7.29. The quantitative estimate of drug-likeness (QED) is 0.429. The normalized spacial score (nSPS) is 11.1. The van der Waals surface area contributed by atoms with Gasteiger partial charge in [-0.05, 0) is 30.5 Å². The lowest BCUT2D eigenvalue weighted by Gasteiger charge is -2.03. The molecule has 0 N–H and O–H groups in total. The van der Waals surface area contributed by atoms with E-state index in [1.165, 1.54) is 69.8 Å². The average Bonchev–Trinajstić information content (AvgIpc) is 2.49. The van der Waals surface area contributed by atoms with Gasteiger partial charge in [-0.2, -0.15) is 0 Å². The molecule has 1 rings (SSSR count). The maximum Gasteiger partial charge on any atom is 0.168 e. The van der Waals surface area contributed by atoms with Crippen molar-refractivity contribution in [2.45, 2.75) is 82.4 Å². The second-order valence-corrected chi connectivity index (χ2v) is 6.89. The van der Waals surface area contributed by atoms with Gasteiger partial charge >= 0.3 is 0 Å². The van der Waals surface area contributed by atoms with E-state index in [9.17, 15) is 8.42 Å². The summed E-state index contributed by atoms with van der Waals surface area (Å²) in [4.78, 5) is 0.414. The average molecular weight is 311 g/mol. The Morgan fingerprint density at radius 3 is 1.67 bits per heavy atom. The predicted octanol–water partition coefficient (Wildman–Crippen LogP) is 5.12. The van der Waals surface area contributed by atoms with E-state index < -0.39 is 10.7 Å². The number of thiol groups is 1. The third kappa shape index (κ3) is 8.92. The van der Waals surface area contributed by atoms with E-state index in [2.05, 4.69) is 6.92 Å². The SMILES string of the molecule is CCCCCCCCCCCCc1ccc([SH](=O)=O)cc1. The fourth-order valence-electron chi connectivity index (χ4n) is 2.60. The second-order valence-electron chi connectivity index (χ2n) is 5.86. The zero-order valence-corrected chi connectivity index (χ0v) is 14.2. The lowest BCUT2D eigenvalue weighted by Crippen LogP contribution is -1.88. The van der Waals surface area contributed by atoms with E-state index in [1.807, 2.05) is 12.1 Å². The number of hydrogen-bond donors (Lipinski definition) is 1. The molecule has 0 unspecified atom stereocenters. The summed E-state index contributed by atoms with van der Waals surface area (Å²) in [6.45, 7) is 2.26. The van der Waals surface area contributed by atoms with Crippen molar-refractivity contribution in [1.29, 1.82) is 0 Å². The molecule has 0 amide bonds. The Balaban J connectivity index is 1.99. The maximum absolute atomic E-state index is 10.8. The van der Waals surface area contributed by atoms with Crippen molar-refractivity contribution in [3.05, 3.63) is 29.8 Å². The van der Waals surface area contributed by atoms with Gasteiger partial charge in [-0.1, -0.05) is 76.8 Å². The Labute approximate surface area is 131 Å². The lowest BCUT2D eigenvalue weighted by molar-refractivity contribution is 0.556. The van der Waals surface area contributed by atoms with Crippen LogP contribution in [0.4, 0.5) is 0 Å². The highest BCUT2D eigenvalue weighted by Crippen LogP contribution is 2.13. The van der Waals surface area contributed by atoms with Crippen molar-refractivity contribution in [1.82, 2.24) is 0 Å². The molecule has 0 spiro atoms. The Morgan fingerprint density at radius 1 is 0.714 bits per heavy atom. The molecule has 0 radical (unpaired) electrons. The monoisotopic (exact) mass is 310 g/mol. The number of rotatable bonds is 12. The highest BCUT2D eigenvalue weighted by atomic mass is 32.2. The van der Waals surface area contributed by atoms with Gasteiger partial charge in [-0.25, -0.2) is 8.42 Å². The van der Waals surface area contributed by atoms with Gasteiger partial charge in [0.1, 0.15) is 0 Å². The maximum atomic E-state index is 10.8. The number of unbranched alkanes of at least 4 members (excludes halogenated alkanes) is 9. The molecule has 0 aliphatic rings. The summed E-state index contributed by atoms with van der Waals surface area (Å²) in [5.41, 5.74) is 1.25. The van der Waals surface area contributed by atoms with Crippen LogP contribution in [0.15, 0.2) is 29.2 Å². The largest absolute Gasteiger partial charge is 0.227 e. The van der Waals surface area contributed by atoms with E-state index in [0.29, 0.717) is 4.90 Å². The summed E-state index contributed by atoms with van der Waals surface area (Å²) in [5.74, 6) is 0. The molecule has 0 aliphatic carbocycles. The fourth-order valence-corrected chi connectivity index (χ4v) is 2.99. The third-order valence-electron chi connectivity index (χ3n) is 3.97. The van der Waals surface area contributed by atoms with Crippen LogP contribution in [0.3, 0.4) is 0 Å². The van der Waals surface area contributed by atoms with Crippen LogP contribution in [0, 0.1) is 0 Å². The van der Waals surface area contributed by atoms with E-state index >= 15 is 0 Å². The van der Waals surface area contributed by atoms with Crippen molar-refractivity contribution in [2.24, 2.45) is 0 Å². The van der Waals surface area contributed by atoms with Crippen LogP contribution < -0.4 is 0 Å². The molecule has 1 aromatic carbocycles. The molecular weight excluding hydrogens is 280 g/mol. The first-order valence-electron chi connectivity index (χ1n) is 8.47. The Morgan fingerprint density at radius 2 is 1.19 bits per heavy atom. The standard InChI is InChI=1S/C18H30O2S/c1-2-3-4-5-6-7-8-9-10-11-12-17-13-15-18(16-14-17)21(19)20/h13-16,21H,2-12H2,1H3. The van der Waals surface area contributed by atoms with E-state index in [4.69, 9.17) is 0 Å². The summed E-state index contributed by atoms with van der Waals surface area (Å²) in [6.07, 6.45) is 14.6. The molecule has 0 aliphatic heterocycles. The van der Waals surface area contributed by atoms with Crippen molar-refractivity contribution in [3.63, 3.8) is 0 Å². The minimum Gasteiger partial charge on any atom is -0.227 e. The van der Waals surface area contributed by atoms with Gasteiger partial charge < -0.3 is 0 Å². The first kappa shape index (κ1) is 18.2. The van der Waals surface area contributed by atoms with Gasteiger partial charge in [0.2, 0.25) is 0 Å². The summed E-state index contributed by atoms with van der Waals surface area (Å²) in [5, 5.41) is 0. The van der Waals surface area contributed by atoms with Crippen LogP contribution in [0.5, 0.6) is 0 Å². The van der Waals surface area contributed by atoms with Gasteiger partial charge in [-0.3, -0.25) is 0 Å². The number of benzene rings is 1. The van der Waals surface area contributed by atoms with Crippen LogP contribution in [0.2, 0.25) is 0 Å². The molecule has 0 saturated heterocycles. The minimum atomic E-state index is -2.44. The van der Waals surface area contributed by atoms with Gasteiger partial charge in [-0.15, -0.1) is 0 Å². The smallest absolute Gasteiger partial charge is 0.168 e. The highest BCUT2D eigenvalue weighted by Gasteiger charge is 1.97. The topological polar surface area (TPSA) is 34.1 Å². The van der Waals surface area contributed by atoms with Crippen LogP contribution in [-0.4, -0.2) is 8.42 Å². The summed E-state index contributed by atoms with van der Waals surface area (Å²) < 4.78 is 21.6. The molecule has 0 saturated carbocycles. The Bertz CT molecular complexity index is 427. The molecule has 0 atom stereocenters. The van der Waals surface area contributed by atoms with Crippen molar-refractivity contribution < 1.29 is 8.42 Å². The number of aryl methyl sites for hydroxylation is 1. The first-order valence-corrected chi connectivity index (χ1v) is 9.65. The molecule has 2 nitrogen and oxygen atoms in total. The van der Waals surface area contributed by atoms with Crippen LogP contribution in [-0.2, 0) is 17.1 Å². The molecule has 1 aromatic rings. The Kier molecular flexibility index (Phi) is 10.2. The molecule has 3 heteroatoms. The van der Waals surface area contributed by atoms with Gasteiger partial charge in [0, 0.05) is 0 Å². The van der Waals surface area contributed by atoms with E-state index in [1.54, 1.807) is 12.1 Å². The molecular formula is C18H30O2S. The number of hydrogen-bond acceptors (Lipinski definition) is 2. The second kappa shape index (κ2) is 11.8. The molecule has 120 valence electrons. The van der Waals surface area contributed by atoms with Crippen LogP contribution in [0.1, 0.15) is 76.7 Å². The highest BCUT2D eigenvalue weighted by molar-refractivity contribution is 7.72. The van der Waals surface area contributed by atoms with Crippen LogP contribution >= 0.6 is 0 Å². The van der Waals surface area contributed by atoms with Gasteiger partial charge in [0.25, 0.3) is 0 Å². The Hall–Kier alpha value is -0.830. The molecule has 0 aromatic heterocycles. The zero-order chi connectivity index (χ0) is 15.3. The molecule has 0 heterocycles. The zero-order valence-electron chi connectivity index (χ0n) is 13.4. The van der Waals surface area contributed by atoms with Crippen molar-refractivity contribution >= 4 is 10.7 Å². The van der Waals surface area contributed by atoms with E-state index in [0.717, 1.165) is 6.42 Å².